The molecule has 3 rings (SSSR count). The summed E-state index contributed by atoms with van der Waals surface area (Å²) < 4.78 is 37.9. The van der Waals surface area contributed by atoms with E-state index in [0.29, 0.717) is 36.5 Å². The monoisotopic (exact) mass is 410 g/mol. The molecule has 0 radical (unpaired) electrons. The number of hydrogen-bond acceptors (Lipinski definition) is 2. The van der Waals surface area contributed by atoms with Crippen molar-refractivity contribution in [2.24, 2.45) is 0 Å². The largest absolute Gasteiger partial charge is 0.416 e. The van der Waals surface area contributed by atoms with Crippen LogP contribution in [0, 0.1) is 0 Å². The van der Waals surface area contributed by atoms with Crippen LogP contribution in [0.2, 0.25) is 5.02 Å². The highest BCUT2D eigenvalue weighted by Crippen LogP contribution is 2.29. The highest BCUT2D eigenvalue weighted by Gasteiger charge is 2.31. The summed E-state index contributed by atoms with van der Waals surface area (Å²) in [6.07, 6.45) is -3.28. The Morgan fingerprint density at radius 3 is 2.00 bits per heavy atom. The van der Waals surface area contributed by atoms with Crippen LogP contribution in [0.15, 0.2) is 48.5 Å². The van der Waals surface area contributed by atoms with Crippen molar-refractivity contribution in [1.29, 1.82) is 0 Å². The van der Waals surface area contributed by atoms with E-state index < -0.39 is 11.7 Å². The number of nitrogens with one attached hydrogen (secondary N) is 1. The second-order valence-electron chi connectivity index (χ2n) is 6.62. The van der Waals surface area contributed by atoms with E-state index in [0.717, 1.165) is 12.1 Å². The number of amides is 2. The van der Waals surface area contributed by atoms with Crippen LogP contribution in [0.3, 0.4) is 0 Å². The quantitative estimate of drug-likeness (QED) is 0.815. The number of benzene rings is 2. The number of alkyl halides is 3. The number of rotatable bonds is 3. The van der Waals surface area contributed by atoms with Crippen LogP contribution in [0.25, 0.3) is 0 Å². The van der Waals surface area contributed by atoms with Crippen LogP contribution >= 0.6 is 11.6 Å². The average molecular weight is 411 g/mol. The van der Waals surface area contributed by atoms with Crippen LogP contribution < -0.4 is 5.32 Å². The van der Waals surface area contributed by atoms with Crippen molar-refractivity contribution in [2.75, 3.05) is 13.1 Å². The maximum atomic E-state index is 12.6. The van der Waals surface area contributed by atoms with Crippen molar-refractivity contribution in [1.82, 2.24) is 10.2 Å². The van der Waals surface area contributed by atoms with E-state index in [1.54, 1.807) is 29.2 Å². The molecule has 0 aromatic heterocycles. The summed E-state index contributed by atoms with van der Waals surface area (Å²) in [5.41, 5.74) is -0.0584. The number of halogens is 4. The first-order chi connectivity index (χ1) is 13.2. The molecule has 1 aliphatic rings. The molecular weight excluding hydrogens is 393 g/mol. The number of carbonyl (C=O) groups excluding carboxylic acids is 2. The van der Waals surface area contributed by atoms with Gasteiger partial charge in [0.25, 0.3) is 11.8 Å². The Morgan fingerprint density at radius 2 is 1.46 bits per heavy atom. The average Bonchev–Trinajstić information content (AvgIpc) is 2.68. The van der Waals surface area contributed by atoms with Gasteiger partial charge in [0.1, 0.15) is 0 Å². The molecule has 4 nitrogen and oxygen atoms in total. The molecule has 0 unspecified atom stereocenters. The van der Waals surface area contributed by atoms with Gasteiger partial charge in [0.15, 0.2) is 0 Å². The maximum Gasteiger partial charge on any atom is 0.416 e. The molecule has 0 bridgehead atoms. The number of likely N-dealkylation sites (tertiary alicyclic amines) is 1. The molecule has 1 saturated heterocycles. The predicted octanol–water partition coefficient (Wildman–Crippen LogP) is 4.39. The van der Waals surface area contributed by atoms with Gasteiger partial charge in [0, 0.05) is 35.3 Å². The minimum Gasteiger partial charge on any atom is -0.349 e. The van der Waals surface area contributed by atoms with E-state index in [1.807, 2.05) is 0 Å². The van der Waals surface area contributed by atoms with E-state index >= 15 is 0 Å². The highest BCUT2D eigenvalue weighted by molar-refractivity contribution is 6.30. The Kier molecular flexibility index (Phi) is 5.93. The molecular formula is C20H18ClF3N2O2. The lowest BCUT2D eigenvalue weighted by atomic mass is 10.0. The predicted molar refractivity (Wildman–Crippen MR) is 99.3 cm³/mol. The summed E-state index contributed by atoms with van der Waals surface area (Å²) in [5, 5.41) is 3.48. The third-order valence-electron chi connectivity index (χ3n) is 4.68. The molecule has 0 saturated carbocycles. The zero-order valence-electron chi connectivity index (χ0n) is 14.8. The fraction of sp³-hybridized carbons (Fsp3) is 0.300. The van der Waals surface area contributed by atoms with Crippen molar-refractivity contribution in [3.05, 3.63) is 70.2 Å². The molecule has 0 atom stereocenters. The van der Waals surface area contributed by atoms with Gasteiger partial charge in [-0.25, -0.2) is 0 Å². The number of piperidine rings is 1. The minimum atomic E-state index is -4.43. The normalized spacial score (nSPS) is 15.4. The summed E-state index contributed by atoms with van der Waals surface area (Å²) in [6, 6.07) is 10.7. The van der Waals surface area contributed by atoms with Gasteiger partial charge >= 0.3 is 6.18 Å². The first-order valence-electron chi connectivity index (χ1n) is 8.77. The Labute approximate surface area is 165 Å². The van der Waals surface area contributed by atoms with Gasteiger partial charge in [0.2, 0.25) is 0 Å². The molecule has 2 aromatic carbocycles. The summed E-state index contributed by atoms with van der Waals surface area (Å²) in [4.78, 5) is 26.3. The van der Waals surface area contributed by atoms with Gasteiger partial charge in [-0.15, -0.1) is 0 Å². The molecule has 28 heavy (non-hydrogen) atoms. The first kappa shape index (κ1) is 20.2. The van der Waals surface area contributed by atoms with Crippen molar-refractivity contribution in [3.8, 4) is 0 Å². The lowest BCUT2D eigenvalue weighted by molar-refractivity contribution is -0.137. The zero-order chi connectivity index (χ0) is 20.3. The smallest absolute Gasteiger partial charge is 0.349 e. The number of carbonyl (C=O) groups is 2. The van der Waals surface area contributed by atoms with Crippen molar-refractivity contribution in [3.63, 3.8) is 0 Å². The molecule has 1 fully saturated rings. The molecule has 0 aliphatic carbocycles. The van der Waals surface area contributed by atoms with E-state index in [9.17, 15) is 22.8 Å². The van der Waals surface area contributed by atoms with E-state index in [-0.39, 0.29) is 23.4 Å². The Hall–Kier alpha value is -2.54. The van der Waals surface area contributed by atoms with Crippen LogP contribution in [0.5, 0.6) is 0 Å². The van der Waals surface area contributed by atoms with Gasteiger partial charge in [-0.3, -0.25) is 9.59 Å². The number of nitrogens with zero attached hydrogens (tertiary/aromatic N) is 1. The third kappa shape index (κ3) is 4.84. The molecule has 0 spiro atoms. The van der Waals surface area contributed by atoms with Crippen LogP contribution in [-0.2, 0) is 6.18 Å². The summed E-state index contributed by atoms with van der Waals surface area (Å²) in [7, 11) is 0. The van der Waals surface area contributed by atoms with E-state index in [4.69, 9.17) is 11.6 Å². The molecule has 1 N–H and O–H groups in total. The van der Waals surface area contributed by atoms with Gasteiger partial charge in [0.05, 0.1) is 5.56 Å². The van der Waals surface area contributed by atoms with Crippen LogP contribution in [0.1, 0.15) is 39.1 Å². The van der Waals surface area contributed by atoms with Gasteiger partial charge < -0.3 is 10.2 Å². The molecule has 1 heterocycles. The minimum absolute atomic E-state index is 0.0696. The van der Waals surface area contributed by atoms with Crippen LogP contribution in [-0.4, -0.2) is 35.8 Å². The van der Waals surface area contributed by atoms with Crippen LogP contribution in [0.4, 0.5) is 13.2 Å². The van der Waals surface area contributed by atoms with Crippen molar-refractivity contribution < 1.29 is 22.8 Å². The standard InChI is InChI=1S/C20H18ClF3N2O2/c21-16-7-3-13(4-8-16)18(27)25-17-9-11-26(12-10-17)19(28)14-1-5-15(6-2-14)20(22,23)24/h1-8,17H,9-12H2,(H,25,27). The Balaban J connectivity index is 1.54. The molecule has 2 aromatic rings. The second-order valence-corrected chi connectivity index (χ2v) is 7.06. The molecule has 8 heteroatoms. The van der Waals surface area contributed by atoms with Gasteiger partial charge in [-0.05, 0) is 61.4 Å². The highest BCUT2D eigenvalue weighted by atomic mass is 35.5. The third-order valence-corrected chi connectivity index (χ3v) is 4.93. The molecule has 148 valence electrons. The topological polar surface area (TPSA) is 49.4 Å². The first-order valence-corrected chi connectivity index (χ1v) is 9.15. The van der Waals surface area contributed by atoms with Gasteiger partial charge in [-0.1, -0.05) is 11.6 Å². The van der Waals surface area contributed by atoms with Crippen molar-refractivity contribution in [2.45, 2.75) is 25.1 Å². The Morgan fingerprint density at radius 1 is 0.929 bits per heavy atom. The second kappa shape index (κ2) is 8.22. The fourth-order valence-electron chi connectivity index (χ4n) is 3.08. The van der Waals surface area contributed by atoms with Crippen molar-refractivity contribution >= 4 is 23.4 Å². The zero-order valence-corrected chi connectivity index (χ0v) is 15.6. The fourth-order valence-corrected chi connectivity index (χ4v) is 3.21. The number of hydrogen-bond donors (Lipinski definition) is 1. The summed E-state index contributed by atoms with van der Waals surface area (Å²) in [5.74, 6) is -0.514. The van der Waals surface area contributed by atoms with E-state index in [2.05, 4.69) is 5.32 Å². The van der Waals surface area contributed by atoms with E-state index in [1.165, 1.54) is 12.1 Å². The lowest BCUT2D eigenvalue weighted by Crippen LogP contribution is -2.46. The maximum absolute atomic E-state index is 12.6. The summed E-state index contributed by atoms with van der Waals surface area (Å²) >= 11 is 5.81. The lowest BCUT2D eigenvalue weighted by Gasteiger charge is -2.32. The Bertz CT molecular complexity index is 843. The molecule has 1 aliphatic heterocycles. The molecule has 2 amide bonds. The SMILES string of the molecule is O=C(NC1CCN(C(=O)c2ccc(C(F)(F)F)cc2)CC1)c1ccc(Cl)cc1. The summed E-state index contributed by atoms with van der Waals surface area (Å²) in [6.45, 7) is 0.844. The van der Waals surface area contributed by atoms with Gasteiger partial charge in [-0.2, -0.15) is 13.2 Å².